The third-order valence-corrected chi connectivity index (χ3v) is 2.23. The fraction of sp³-hybridized carbons (Fsp3) is 0.400. The lowest BCUT2D eigenvalue weighted by Crippen LogP contribution is -2.24. The maximum atomic E-state index is 12.1. The van der Waals surface area contributed by atoms with Crippen LogP contribution in [0.25, 0.3) is 0 Å². The van der Waals surface area contributed by atoms with E-state index in [4.69, 9.17) is 17.3 Å². The summed E-state index contributed by atoms with van der Waals surface area (Å²) in [6, 6.07) is 5.07. The van der Waals surface area contributed by atoms with Gasteiger partial charge in [-0.05, 0) is 24.7 Å². The highest BCUT2D eigenvalue weighted by atomic mass is 35.5. The molecule has 0 spiro atoms. The Labute approximate surface area is 92.6 Å². The van der Waals surface area contributed by atoms with Crippen molar-refractivity contribution in [2.24, 2.45) is 0 Å². The van der Waals surface area contributed by atoms with Crippen LogP contribution in [-0.4, -0.2) is 24.9 Å². The lowest BCUT2D eigenvalue weighted by molar-refractivity contribution is 0.0976. The highest BCUT2D eigenvalue weighted by Crippen LogP contribution is 2.19. The average Bonchev–Trinajstić information content (AvgIpc) is 2.08. The summed E-state index contributed by atoms with van der Waals surface area (Å²) < 4.78 is 24.1. The van der Waals surface area contributed by atoms with Crippen LogP contribution in [-0.2, 0) is 6.54 Å². The highest BCUT2D eigenvalue weighted by molar-refractivity contribution is 6.30. The standard InChI is InChI=1S/C10H13ClF2N2/c1-15(6-10(12)13)5-7-2-3-8(11)4-9(7)14/h2-4,10H,5-6,14H2,1H3. The van der Waals surface area contributed by atoms with Crippen LogP contribution in [0.2, 0.25) is 5.02 Å². The van der Waals surface area contributed by atoms with Crippen molar-refractivity contribution in [2.45, 2.75) is 13.0 Å². The molecule has 84 valence electrons. The number of nitrogens with zero attached hydrogens (tertiary/aromatic N) is 1. The molecule has 5 heteroatoms. The topological polar surface area (TPSA) is 29.3 Å². The highest BCUT2D eigenvalue weighted by Gasteiger charge is 2.09. The minimum absolute atomic E-state index is 0.262. The molecule has 0 fully saturated rings. The summed E-state index contributed by atoms with van der Waals surface area (Å²) in [6.45, 7) is 0.134. The van der Waals surface area contributed by atoms with Gasteiger partial charge in [-0.3, -0.25) is 4.90 Å². The number of halogens is 3. The van der Waals surface area contributed by atoms with Crippen LogP contribution in [0.1, 0.15) is 5.56 Å². The number of benzene rings is 1. The van der Waals surface area contributed by atoms with E-state index < -0.39 is 6.43 Å². The normalized spacial score (nSPS) is 11.3. The molecule has 0 heterocycles. The SMILES string of the molecule is CN(Cc1ccc(Cl)cc1N)CC(F)F. The van der Waals surface area contributed by atoms with Crippen molar-refractivity contribution in [1.82, 2.24) is 4.90 Å². The van der Waals surface area contributed by atoms with Crippen molar-refractivity contribution in [3.05, 3.63) is 28.8 Å². The zero-order valence-corrected chi connectivity index (χ0v) is 9.14. The Morgan fingerprint density at radius 1 is 1.47 bits per heavy atom. The number of nitrogen functional groups attached to an aromatic ring is 1. The molecule has 0 bridgehead atoms. The first-order valence-electron chi connectivity index (χ1n) is 4.49. The van der Waals surface area contributed by atoms with Gasteiger partial charge in [0.1, 0.15) is 0 Å². The van der Waals surface area contributed by atoms with E-state index in [-0.39, 0.29) is 6.54 Å². The predicted octanol–water partition coefficient (Wildman–Crippen LogP) is 2.62. The predicted molar refractivity (Wildman–Crippen MR) is 58.2 cm³/mol. The first-order valence-corrected chi connectivity index (χ1v) is 4.87. The summed E-state index contributed by atoms with van der Waals surface area (Å²) in [4.78, 5) is 1.52. The van der Waals surface area contributed by atoms with Crippen LogP contribution in [0, 0.1) is 0 Å². The molecule has 0 radical (unpaired) electrons. The molecule has 0 unspecified atom stereocenters. The van der Waals surface area contributed by atoms with E-state index in [2.05, 4.69) is 0 Å². The Morgan fingerprint density at radius 2 is 2.13 bits per heavy atom. The van der Waals surface area contributed by atoms with Crippen LogP contribution in [0.3, 0.4) is 0 Å². The fourth-order valence-corrected chi connectivity index (χ4v) is 1.48. The molecule has 0 atom stereocenters. The molecule has 0 saturated carbocycles. The maximum Gasteiger partial charge on any atom is 0.251 e. The molecule has 15 heavy (non-hydrogen) atoms. The van der Waals surface area contributed by atoms with Crippen LogP contribution >= 0.6 is 11.6 Å². The van der Waals surface area contributed by atoms with Gasteiger partial charge in [0, 0.05) is 17.3 Å². The smallest absolute Gasteiger partial charge is 0.251 e. The Morgan fingerprint density at radius 3 is 2.67 bits per heavy atom. The maximum absolute atomic E-state index is 12.1. The number of hydrogen-bond donors (Lipinski definition) is 1. The van der Waals surface area contributed by atoms with E-state index in [1.807, 2.05) is 0 Å². The fourth-order valence-electron chi connectivity index (χ4n) is 1.30. The van der Waals surface area contributed by atoms with Crippen molar-refractivity contribution in [3.63, 3.8) is 0 Å². The molecule has 2 N–H and O–H groups in total. The van der Waals surface area contributed by atoms with Gasteiger partial charge in [-0.2, -0.15) is 0 Å². The van der Waals surface area contributed by atoms with Crippen LogP contribution in [0.15, 0.2) is 18.2 Å². The summed E-state index contributed by atoms with van der Waals surface area (Å²) in [5.74, 6) is 0. The third-order valence-electron chi connectivity index (χ3n) is 2.00. The molecule has 2 nitrogen and oxygen atoms in total. The van der Waals surface area contributed by atoms with Gasteiger partial charge in [-0.1, -0.05) is 17.7 Å². The minimum atomic E-state index is -2.33. The van der Waals surface area contributed by atoms with Gasteiger partial charge < -0.3 is 5.73 Å². The molecule has 0 aromatic heterocycles. The van der Waals surface area contributed by atoms with E-state index in [9.17, 15) is 8.78 Å². The van der Waals surface area contributed by atoms with Crippen molar-refractivity contribution in [3.8, 4) is 0 Å². The van der Waals surface area contributed by atoms with Crippen molar-refractivity contribution >= 4 is 17.3 Å². The summed E-state index contributed by atoms with van der Waals surface area (Å²) in [7, 11) is 1.63. The summed E-state index contributed by atoms with van der Waals surface area (Å²) in [5.41, 5.74) is 7.04. The van der Waals surface area contributed by atoms with Gasteiger partial charge in [0.25, 0.3) is 6.43 Å². The summed E-state index contributed by atoms with van der Waals surface area (Å²) >= 11 is 5.72. The van der Waals surface area contributed by atoms with Crippen LogP contribution in [0.5, 0.6) is 0 Å². The summed E-state index contributed by atoms with van der Waals surface area (Å²) in [5, 5.41) is 0.549. The average molecular weight is 235 g/mol. The zero-order chi connectivity index (χ0) is 11.4. The van der Waals surface area contributed by atoms with E-state index in [0.29, 0.717) is 17.3 Å². The van der Waals surface area contributed by atoms with Crippen molar-refractivity contribution in [2.75, 3.05) is 19.3 Å². The molecule has 0 aliphatic rings. The number of hydrogen-bond acceptors (Lipinski definition) is 2. The molecule has 1 aromatic rings. The molecule has 0 amide bonds. The number of anilines is 1. The molecule has 0 saturated heterocycles. The Balaban J connectivity index is 2.64. The van der Waals surface area contributed by atoms with Gasteiger partial charge in [-0.25, -0.2) is 8.78 Å². The molecular formula is C10H13ClF2N2. The number of alkyl halides is 2. The third kappa shape index (κ3) is 4.01. The molecular weight excluding hydrogens is 222 g/mol. The van der Waals surface area contributed by atoms with Gasteiger partial charge in [0.15, 0.2) is 0 Å². The lowest BCUT2D eigenvalue weighted by Gasteiger charge is -2.17. The minimum Gasteiger partial charge on any atom is -0.398 e. The van der Waals surface area contributed by atoms with Gasteiger partial charge in [0.05, 0.1) is 6.54 Å². The first kappa shape index (κ1) is 12.2. The van der Waals surface area contributed by atoms with Gasteiger partial charge in [-0.15, -0.1) is 0 Å². The second-order valence-corrected chi connectivity index (χ2v) is 3.87. The quantitative estimate of drug-likeness (QED) is 0.812. The van der Waals surface area contributed by atoms with E-state index in [0.717, 1.165) is 5.56 Å². The van der Waals surface area contributed by atoms with E-state index >= 15 is 0 Å². The monoisotopic (exact) mass is 234 g/mol. The molecule has 1 aromatic carbocycles. The second kappa shape index (κ2) is 5.28. The number of rotatable bonds is 4. The second-order valence-electron chi connectivity index (χ2n) is 3.43. The van der Waals surface area contributed by atoms with E-state index in [1.54, 1.807) is 25.2 Å². The summed E-state index contributed by atoms with van der Waals surface area (Å²) in [6.07, 6.45) is -2.33. The first-order chi connectivity index (χ1) is 6.99. The lowest BCUT2D eigenvalue weighted by atomic mass is 10.2. The Bertz CT molecular complexity index is 331. The van der Waals surface area contributed by atoms with Crippen molar-refractivity contribution < 1.29 is 8.78 Å². The zero-order valence-electron chi connectivity index (χ0n) is 8.38. The largest absolute Gasteiger partial charge is 0.398 e. The Hall–Kier alpha value is -0.870. The van der Waals surface area contributed by atoms with Gasteiger partial charge in [0.2, 0.25) is 0 Å². The van der Waals surface area contributed by atoms with Crippen molar-refractivity contribution in [1.29, 1.82) is 0 Å². The molecule has 0 aliphatic carbocycles. The number of nitrogens with two attached hydrogens (primary N) is 1. The molecule has 1 rings (SSSR count). The van der Waals surface area contributed by atoms with Crippen LogP contribution < -0.4 is 5.73 Å². The van der Waals surface area contributed by atoms with Crippen LogP contribution in [0.4, 0.5) is 14.5 Å². The van der Waals surface area contributed by atoms with E-state index in [1.165, 1.54) is 4.90 Å². The molecule has 0 aliphatic heterocycles. The van der Waals surface area contributed by atoms with Gasteiger partial charge >= 0.3 is 0 Å². The Kier molecular flexibility index (Phi) is 4.29.